The molecule has 1 heterocycles. The third kappa shape index (κ3) is 3.01. The number of ether oxygens (including phenoxy) is 3. The molecule has 0 spiro atoms. The van der Waals surface area contributed by atoms with Gasteiger partial charge in [0.2, 0.25) is 0 Å². The largest absolute Gasteiger partial charge is 0.493 e. The Morgan fingerprint density at radius 3 is 2.50 bits per heavy atom. The molecule has 8 heteroatoms. The Morgan fingerprint density at radius 1 is 1.15 bits per heavy atom. The minimum atomic E-state index is 0.190. The highest BCUT2D eigenvalue weighted by Gasteiger charge is 2.11. The summed E-state index contributed by atoms with van der Waals surface area (Å²) in [4.78, 5) is 8.45. The second kappa shape index (κ2) is 6.56. The van der Waals surface area contributed by atoms with E-state index in [1.54, 1.807) is 26.4 Å². The van der Waals surface area contributed by atoms with E-state index in [4.69, 9.17) is 31.7 Å². The van der Waals surface area contributed by atoms with Gasteiger partial charge in [0.1, 0.15) is 6.61 Å². The number of rotatable bonds is 6. The molecule has 20 heavy (non-hydrogen) atoms. The molecule has 0 bridgehead atoms. The third-order valence-electron chi connectivity index (χ3n) is 2.59. The zero-order valence-corrected chi connectivity index (χ0v) is 11.9. The first-order valence-corrected chi connectivity index (χ1v) is 6.21. The Hall–Kier alpha value is -1.83. The van der Waals surface area contributed by atoms with Crippen LogP contribution in [-0.2, 0) is 4.74 Å². The summed E-state index contributed by atoms with van der Waals surface area (Å²) in [5, 5.41) is 0.190. The summed E-state index contributed by atoms with van der Waals surface area (Å²) in [7, 11) is 3.16. The van der Waals surface area contributed by atoms with Crippen molar-refractivity contribution < 1.29 is 14.2 Å². The molecule has 2 aromatic rings. The number of nitrogens with one attached hydrogen (secondary N) is 1. The lowest BCUT2D eigenvalue weighted by atomic mass is 10.2. The average molecular weight is 299 g/mol. The first kappa shape index (κ1) is 14.6. The van der Waals surface area contributed by atoms with E-state index < -0.39 is 0 Å². The molecular weight excluding hydrogens is 284 g/mol. The van der Waals surface area contributed by atoms with Crippen LogP contribution in [-0.4, -0.2) is 37.4 Å². The van der Waals surface area contributed by atoms with Crippen molar-refractivity contribution in [2.45, 2.75) is 0 Å². The van der Waals surface area contributed by atoms with Gasteiger partial charge in [0.05, 0.1) is 24.8 Å². The molecule has 0 aliphatic rings. The van der Waals surface area contributed by atoms with Gasteiger partial charge in [-0.1, -0.05) is 11.6 Å². The number of aromatic nitrogens is 2. The van der Waals surface area contributed by atoms with Crippen molar-refractivity contribution in [1.82, 2.24) is 9.97 Å². The molecule has 1 aromatic carbocycles. The lowest BCUT2D eigenvalue weighted by Crippen LogP contribution is -2.10. The molecule has 0 amide bonds. The van der Waals surface area contributed by atoms with Crippen molar-refractivity contribution >= 4 is 28.5 Å². The number of benzene rings is 1. The molecule has 7 nitrogen and oxygen atoms in total. The quantitative estimate of drug-likeness (QED) is 0.475. The van der Waals surface area contributed by atoms with Crippen molar-refractivity contribution in [3.8, 4) is 11.5 Å². The molecule has 108 valence electrons. The number of anilines is 1. The topological polar surface area (TPSA) is 91.5 Å². The molecule has 0 aliphatic carbocycles. The Balaban J connectivity index is 2.43. The molecule has 0 fully saturated rings. The van der Waals surface area contributed by atoms with Gasteiger partial charge in [-0.3, -0.25) is 0 Å². The van der Waals surface area contributed by atoms with Crippen molar-refractivity contribution in [2.75, 3.05) is 32.9 Å². The van der Waals surface area contributed by atoms with Gasteiger partial charge in [-0.05, 0) is 0 Å². The lowest BCUT2D eigenvalue weighted by molar-refractivity contribution is 0.144. The van der Waals surface area contributed by atoms with E-state index in [-0.39, 0.29) is 5.15 Å². The smallest absolute Gasteiger partial charge is 0.178 e. The maximum Gasteiger partial charge on any atom is 0.178 e. The van der Waals surface area contributed by atoms with E-state index in [2.05, 4.69) is 15.4 Å². The normalized spacial score (nSPS) is 10.6. The Bertz CT molecular complexity index is 609. The molecule has 0 saturated heterocycles. The Morgan fingerprint density at radius 2 is 1.85 bits per heavy atom. The molecule has 0 radical (unpaired) electrons. The van der Waals surface area contributed by atoms with Gasteiger partial charge in [0.25, 0.3) is 0 Å². The van der Waals surface area contributed by atoms with E-state index >= 15 is 0 Å². The molecule has 0 aliphatic heterocycles. The lowest BCUT2D eigenvalue weighted by Gasteiger charge is -2.12. The predicted molar refractivity (Wildman–Crippen MR) is 76.3 cm³/mol. The average Bonchev–Trinajstić information content (AvgIpc) is 2.46. The second-order valence-electron chi connectivity index (χ2n) is 3.84. The summed E-state index contributed by atoms with van der Waals surface area (Å²) < 4.78 is 15.8. The fraction of sp³-hybridized carbons (Fsp3) is 0.333. The standard InChI is InChI=1S/C12H15ClN4O3/c1-18-3-4-20-10-6-8-7(5-9(10)19-2)15-11(13)12(16-8)17-14/h5-6H,3-4,14H2,1-2H3,(H,16,17). The highest BCUT2D eigenvalue weighted by atomic mass is 35.5. The zero-order chi connectivity index (χ0) is 14.5. The first-order chi connectivity index (χ1) is 9.69. The molecule has 0 atom stereocenters. The highest BCUT2D eigenvalue weighted by Crippen LogP contribution is 2.32. The van der Waals surface area contributed by atoms with Crippen LogP contribution in [0.15, 0.2) is 12.1 Å². The number of nitrogens with zero attached hydrogens (tertiary/aromatic N) is 2. The minimum absolute atomic E-state index is 0.190. The fourth-order valence-corrected chi connectivity index (χ4v) is 1.83. The van der Waals surface area contributed by atoms with E-state index in [1.807, 2.05) is 0 Å². The second-order valence-corrected chi connectivity index (χ2v) is 4.20. The maximum atomic E-state index is 5.94. The van der Waals surface area contributed by atoms with Gasteiger partial charge in [0.15, 0.2) is 22.5 Å². The molecule has 0 unspecified atom stereocenters. The van der Waals surface area contributed by atoms with Crippen LogP contribution in [0.25, 0.3) is 11.0 Å². The Kier molecular flexibility index (Phi) is 4.78. The number of fused-ring (bicyclic) bond motifs is 1. The monoisotopic (exact) mass is 298 g/mol. The summed E-state index contributed by atoms with van der Waals surface area (Å²) in [6, 6.07) is 3.42. The summed E-state index contributed by atoms with van der Waals surface area (Å²) in [5.74, 6) is 6.72. The van der Waals surface area contributed by atoms with Crippen molar-refractivity contribution in [3.63, 3.8) is 0 Å². The number of nitrogen functional groups attached to an aromatic ring is 1. The number of methoxy groups -OCH3 is 2. The SMILES string of the molecule is COCCOc1cc2nc(NN)c(Cl)nc2cc1OC. The molecule has 3 N–H and O–H groups in total. The maximum absolute atomic E-state index is 5.94. The van der Waals surface area contributed by atoms with Crippen LogP contribution in [0.4, 0.5) is 5.82 Å². The van der Waals surface area contributed by atoms with Crippen LogP contribution < -0.4 is 20.7 Å². The van der Waals surface area contributed by atoms with Gasteiger partial charge in [-0.25, -0.2) is 15.8 Å². The number of hydrogen-bond acceptors (Lipinski definition) is 7. The van der Waals surface area contributed by atoms with Crippen LogP contribution >= 0.6 is 11.6 Å². The van der Waals surface area contributed by atoms with Crippen LogP contribution in [0, 0.1) is 0 Å². The van der Waals surface area contributed by atoms with E-state index in [0.717, 1.165) is 0 Å². The number of hydrogen-bond donors (Lipinski definition) is 2. The third-order valence-corrected chi connectivity index (χ3v) is 2.85. The van der Waals surface area contributed by atoms with Crippen LogP contribution in [0.2, 0.25) is 5.15 Å². The minimum Gasteiger partial charge on any atom is -0.493 e. The van der Waals surface area contributed by atoms with Crippen LogP contribution in [0.5, 0.6) is 11.5 Å². The summed E-state index contributed by atoms with van der Waals surface area (Å²) in [5.41, 5.74) is 3.57. The molecule has 1 aromatic heterocycles. The Labute approximate surface area is 121 Å². The predicted octanol–water partition coefficient (Wildman–Crippen LogP) is 1.60. The molecule has 0 saturated carbocycles. The van der Waals surface area contributed by atoms with E-state index in [9.17, 15) is 0 Å². The van der Waals surface area contributed by atoms with Crippen molar-refractivity contribution in [2.24, 2.45) is 5.84 Å². The molecular formula is C12H15ClN4O3. The van der Waals surface area contributed by atoms with Gasteiger partial charge >= 0.3 is 0 Å². The zero-order valence-electron chi connectivity index (χ0n) is 11.1. The van der Waals surface area contributed by atoms with E-state index in [0.29, 0.717) is 41.6 Å². The van der Waals surface area contributed by atoms with Crippen molar-refractivity contribution in [3.05, 3.63) is 17.3 Å². The van der Waals surface area contributed by atoms with Crippen LogP contribution in [0.1, 0.15) is 0 Å². The molecule has 2 rings (SSSR count). The van der Waals surface area contributed by atoms with Gasteiger partial charge in [0, 0.05) is 19.2 Å². The number of nitrogens with two attached hydrogens (primary N) is 1. The highest BCUT2D eigenvalue weighted by molar-refractivity contribution is 6.32. The summed E-state index contributed by atoms with van der Waals surface area (Å²) in [6.45, 7) is 0.879. The summed E-state index contributed by atoms with van der Waals surface area (Å²) in [6.07, 6.45) is 0. The van der Waals surface area contributed by atoms with Crippen LogP contribution in [0.3, 0.4) is 0 Å². The van der Waals surface area contributed by atoms with E-state index in [1.165, 1.54) is 0 Å². The number of hydrazine groups is 1. The first-order valence-electron chi connectivity index (χ1n) is 5.83. The fourth-order valence-electron chi connectivity index (χ4n) is 1.64. The summed E-state index contributed by atoms with van der Waals surface area (Å²) >= 11 is 5.94. The van der Waals surface area contributed by atoms with Crippen molar-refractivity contribution in [1.29, 1.82) is 0 Å². The van der Waals surface area contributed by atoms with Gasteiger partial charge in [-0.15, -0.1) is 0 Å². The van der Waals surface area contributed by atoms with Gasteiger partial charge in [-0.2, -0.15) is 0 Å². The van der Waals surface area contributed by atoms with Gasteiger partial charge < -0.3 is 19.6 Å². The number of halogens is 1.